The van der Waals surface area contributed by atoms with Crippen molar-refractivity contribution in [1.82, 2.24) is 4.57 Å². The van der Waals surface area contributed by atoms with Crippen molar-refractivity contribution in [2.45, 2.75) is 19.9 Å². The summed E-state index contributed by atoms with van der Waals surface area (Å²) in [6.45, 7) is 2.42. The SMILES string of the molecule is CCCn1c(C(=O)O)ccc1-c1ccc(F)c(F)c1. The molecule has 19 heavy (non-hydrogen) atoms. The lowest BCUT2D eigenvalue weighted by atomic mass is 10.1. The maximum Gasteiger partial charge on any atom is 0.352 e. The van der Waals surface area contributed by atoms with E-state index in [1.165, 1.54) is 12.1 Å². The predicted octanol–water partition coefficient (Wildman–Crippen LogP) is 3.54. The van der Waals surface area contributed by atoms with Gasteiger partial charge < -0.3 is 9.67 Å². The molecule has 0 bridgehead atoms. The Morgan fingerprint density at radius 1 is 1.21 bits per heavy atom. The van der Waals surface area contributed by atoms with Gasteiger partial charge in [-0.2, -0.15) is 0 Å². The monoisotopic (exact) mass is 265 g/mol. The molecule has 0 aliphatic carbocycles. The van der Waals surface area contributed by atoms with Crippen LogP contribution in [0.1, 0.15) is 23.8 Å². The Morgan fingerprint density at radius 2 is 1.95 bits per heavy atom. The van der Waals surface area contributed by atoms with Crippen LogP contribution in [0, 0.1) is 11.6 Å². The summed E-state index contributed by atoms with van der Waals surface area (Å²) in [6, 6.07) is 6.61. The zero-order chi connectivity index (χ0) is 14.0. The van der Waals surface area contributed by atoms with Crippen molar-refractivity contribution in [3.63, 3.8) is 0 Å². The molecule has 0 fully saturated rings. The van der Waals surface area contributed by atoms with Gasteiger partial charge in [-0.15, -0.1) is 0 Å². The molecule has 3 nitrogen and oxygen atoms in total. The molecule has 1 N–H and O–H groups in total. The number of aromatic carboxylic acids is 1. The standard InChI is InChI=1S/C14H13F2NO2/c1-2-7-17-12(5-6-13(17)14(18)19)9-3-4-10(15)11(16)8-9/h3-6,8H,2,7H2,1H3,(H,18,19). The normalized spacial score (nSPS) is 10.7. The summed E-state index contributed by atoms with van der Waals surface area (Å²) in [5, 5.41) is 9.10. The second-order valence-electron chi connectivity index (χ2n) is 4.19. The number of halogens is 2. The molecular weight excluding hydrogens is 252 g/mol. The second-order valence-corrected chi connectivity index (χ2v) is 4.19. The number of benzene rings is 1. The minimum absolute atomic E-state index is 0.140. The van der Waals surface area contributed by atoms with Crippen LogP contribution in [0.4, 0.5) is 8.78 Å². The number of nitrogens with zero attached hydrogens (tertiary/aromatic N) is 1. The maximum absolute atomic E-state index is 13.2. The molecule has 1 heterocycles. The van der Waals surface area contributed by atoms with Gasteiger partial charge in [-0.3, -0.25) is 0 Å². The highest BCUT2D eigenvalue weighted by Gasteiger charge is 2.15. The first kappa shape index (κ1) is 13.3. The first-order chi connectivity index (χ1) is 9.04. The summed E-state index contributed by atoms with van der Waals surface area (Å²) in [5.74, 6) is -2.91. The molecular formula is C14H13F2NO2. The van der Waals surface area contributed by atoms with Gasteiger partial charge in [0.1, 0.15) is 5.69 Å². The van der Waals surface area contributed by atoms with Crippen LogP contribution in [0.2, 0.25) is 0 Å². The number of carboxylic acids is 1. The molecule has 0 saturated heterocycles. The van der Waals surface area contributed by atoms with Gasteiger partial charge in [-0.05, 0) is 36.8 Å². The van der Waals surface area contributed by atoms with Gasteiger partial charge in [0.15, 0.2) is 11.6 Å². The third-order valence-electron chi connectivity index (χ3n) is 2.86. The van der Waals surface area contributed by atoms with Crippen LogP contribution in [0.15, 0.2) is 30.3 Å². The third-order valence-corrected chi connectivity index (χ3v) is 2.86. The lowest BCUT2D eigenvalue weighted by molar-refractivity contribution is 0.0685. The topological polar surface area (TPSA) is 42.2 Å². The van der Waals surface area contributed by atoms with E-state index in [1.54, 1.807) is 10.6 Å². The predicted molar refractivity (Wildman–Crippen MR) is 67.0 cm³/mol. The Kier molecular flexibility index (Phi) is 3.64. The Balaban J connectivity index is 2.55. The summed E-state index contributed by atoms with van der Waals surface area (Å²) >= 11 is 0. The minimum Gasteiger partial charge on any atom is -0.477 e. The quantitative estimate of drug-likeness (QED) is 0.918. The van der Waals surface area contributed by atoms with Crippen molar-refractivity contribution in [2.75, 3.05) is 0 Å². The first-order valence-corrected chi connectivity index (χ1v) is 5.92. The number of rotatable bonds is 4. The Hall–Kier alpha value is -2.17. The van der Waals surface area contributed by atoms with Crippen LogP contribution in [0.3, 0.4) is 0 Å². The minimum atomic E-state index is -1.04. The molecule has 1 aromatic carbocycles. The van der Waals surface area contributed by atoms with E-state index in [9.17, 15) is 13.6 Å². The van der Waals surface area contributed by atoms with Crippen molar-refractivity contribution in [1.29, 1.82) is 0 Å². The molecule has 0 saturated carbocycles. The van der Waals surface area contributed by atoms with Gasteiger partial charge in [-0.25, -0.2) is 13.6 Å². The van der Waals surface area contributed by atoms with Crippen LogP contribution < -0.4 is 0 Å². The first-order valence-electron chi connectivity index (χ1n) is 5.92. The van der Waals surface area contributed by atoms with Gasteiger partial charge >= 0.3 is 5.97 Å². The average molecular weight is 265 g/mol. The Morgan fingerprint density at radius 3 is 2.53 bits per heavy atom. The second kappa shape index (κ2) is 5.22. The van der Waals surface area contributed by atoms with E-state index in [0.29, 0.717) is 17.8 Å². The molecule has 5 heteroatoms. The van der Waals surface area contributed by atoms with E-state index in [2.05, 4.69) is 0 Å². The molecule has 2 rings (SSSR count). The third kappa shape index (κ3) is 2.50. The van der Waals surface area contributed by atoms with Gasteiger partial charge in [0.05, 0.1) is 0 Å². The van der Waals surface area contributed by atoms with E-state index in [4.69, 9.17) is 5.11 Å². The summed E-state index contributed by atoms with van der Waals surface area (Å²) in [6.07, 6.45) is 0.742. The summed E-state index contributed by atoms with van der Waals surface area (Å²) < 4.78 is 27.8. The molecule has 0 amide bonds. The zero-order valence-corrected chi connectivity index (χ0v) is 10.4. The summed E-state index contributed by atoms with van der Waals surface area (Å²) in [4.78, 5) is 11.1. The molecule has 0 unspecified atom stereocenters. The van der Waals surface area contributed by atoms with E-state index in [0.717, 1.165) is 18.6 Å². The van der Waals surface area contributed by atoms with E-state index < -0.39 is 17.6 Å². The van der Waals surface area contributed by atoms with Crippen LogP contribution >= 0.6 is 0 Å². The largest absolute Gasteiger partial charge is 0.477 e. The van der Waals surface area contributed by atoms with Crippen molar-refractivity contribution >= 4 is 5.97 Å². The molecule has 100 valence electrons. The van der Waals surface area contributed by atoms with E-state index in [1.807, 2.05) is 6.92 Å². The number of hydrogen-bond donors (Lipinski definition) is 1. The number of aromatic nitrogens is 1. The number of carbonyl (C=O) groups is 1. The van der Waals surface area contributed by atoms with Crippen LogP contribution in [0.25, 0.3) is 11.3 Å². The molecule has 0 atom stereocenters. The number of carboxylic acid groups (broad SMARTS) is 1. The van der Waals surface area contributed by atoms with Gasteiger partial charge in [0.25, 0.3) is 0 Å². The molecule has 0 radical (unpaired) electrons. The highest BCUT2D eigenvalue weighted by atomic mass is 19.2. The lowest BCUT2D eigenvalue weighted by Gasteiger charge is -2.10. The highest BCUT2D eigenvalue weighted by Crippen LogP contribution is 2.25. The van der Waals surface area contributed by atoms with Crippen molar-refractivity contribution in [2.24, 2.45) is 0 Å². The summed E-state index contributed by atoms with van der Waals surface area (Å²) in [7, 11) is 0. The highest BCUT2D eigenvalue weighted by molar-refractivity contribution is 5.87. The maximum atomic E-state index is 13.2. The fourth-order valence-corrected chi connectivity index (χ4v) is 2.03. The van der Waals surface area contributed by atoms with Crippen LogP contribution in [-0.4, -0.2) is 15.6 Å². The molecule has 2 aromatic rings. The molecule has 0 spiro atoms. The van der Waals surface area contributed by atoms with Crippen molar-refractivity contribution in [3.05, 3.63) is 47.7 Å². The fourth-order valence-electron chi connectivity index (χ4n) is 2.03. The molecule has 0 aliphatic rings. The fraction of sp³-hybridized carbons (Fsp3) is 0.214. The molecule has 0 aliphatic heterocycles. The van der Waals surface area contributed by atoms with E-state index >= 15 is 0 Å². The number of hydrogen-bond acceptors (Lipinski definition) is 1. The molecule has 1 aromatic heterocycles. The van der Waals surface area contributed by atoms with Crippen molar-refractivity contribution < 1.29 is 18.7 Å². The Bertz CT molecular complexity index is 620. The van der Waals surface area contributed by atoms with Crippen LogP contribution in [-0.2, 0) is 6.54 Å². The van der Waals surface area contributed by atoms with Gasteiger partial charge in [0, 0.05) is 17.8 Å². The van der Waals surface area contributed by atoms with Crippen molar-refractivity contribution in [3.8, 4) is 11.3 Å². The van der Waals surface area contributed by atoms with Crippen LogP contribution in [0.5, 0.6) is 0 Å². The van der Waals surface area contributed by atoms with Gasteiger partial charge in [0.2, 0.25) is 0 Å². The van der Waals surface area contributed by atoms with E-state index in [-0.39, 0.29) is 5.69 Å². The average Bonchev–Trinajstić information content (AvgIpc) is 2.77. The summed E-state index contributed by atoms with van der Waals surface area (Å²) in [5.41, 5.74) is 1.17. The van der Waals surface area contributed by atoms with Gasteiger partial charge in [-0.1, -0.05) is 6.92 Å². The zero-order valence-electron chi connectivity index (χ0n) is 10.4. The lowest BCUT2D eigenvalue weighted by Crippen LogP contribution is -2.09. The Labute approximate surface area is 109 Å². The smallest absolute Gasteiger partial charge is 0.352 e.